The van der Waals surface area contributed by atoms with Gasteiger partial charge in [0, 0.05) is 0 Å². The van der Waals surface area contributed by atoms with E-state index in [4.69, 9.17) is 11.5 Å². The number of rotatable bonds is 2. The largest absolute Gasteiger partial charge is 0.375 e. The average Bonchev–Trinajstić information content (AvgIpc) is 2.62. The Kier molecular flexibility index (Phi) is 2.38. The Labute approximate surface area is 87.0 Å². The summed E-state index contributed by atoms with van der Waals surface area (Å²) in [6.07, 6.45) is 3.50. The maximum Gasteiger partial charge on any atom is 0.181 e. The molecule has 0 radical (unpaired) electrons. The Morgan fingerprint density at radius 1 is 1.00 bits per heavy atom. The van der Waals surface area contributed by atoms with E-state index in [-0.39, 0.29) is 0 Å². The van der Waals surface area contributed by atoms with Crippen molar-refractivity contribution in [2.75, 3.05) is 11.5 Å². The topological polar surface area (TPSA) is 77.8 Å². The quantitative estimate of drug-likeness (QED) is 0.824. The summed E-state index contributed by atoms with van der Waals surface area (Å²) in [5, 5.41) is 1.17. The molecule has 2 aromatic rings. The van der Waals surface area contributed by atoms with Gasteiger partial charge in [-0.15, -0.1) is 0 Å². The van der Waals surface area contributed by atoms with Gasteiger partial charge in [-0.1, -0.05) is 34.4 Å². The summed E-state index contributed by atoms with van der Waals surface area (Å²) in [7, 11) is 0. The molecule has 0 aliphatic rings. The van der Waals surface area contributed by atoms with Gasteiger partial charge in [0.2, 0.25) is 0 Å². The van der Waals surface area contributed by atoms with Gasteiger partial charge in [-0.2, -0.15) is 0 Å². The van der Waals surface area contributed by atoms with Crippen LogP contribution in [0.25, 0.3) is 0 Å². The summed E-state index contributed by atoms with van der Waals surface area (Å²) < 4.78 is 2.11. The molecule has 0 spiro atoms. The first-order valence-corrected chi connectivity index (χ1v) is 5.79. The monoisotopic (exact) mass is 230 g/mol. The first-order valence-electron chi connectivity index (χ1n) is 3.34. The minimum Gasteiger partial charge on any atom is -0.375 e. The predicted molar refractivity (Wildman–Crippen MR) is 57.2 cm³/mol. The van der Waals surface area contributed by atoms with Crippen molar-refractivity contribution in [3.8, 4) is 0 Å². The Balaban J connectivity index is 2.14. The van der Waals surface area contributed by atoms with Crippen LogP contribution >= 0.6 is 34.4 Å². The van der Waals surface area contributed by atoms with E-state index in [0.717, 1.165) is 8.42 Å². The van der Waals surface area contributed by atoms with Crippen LogP contribution in [0.2, 0.25) is 0 Å². The highest BCUT2D eigenvalue weighted by atomic mass is 32.2. The number of hydrogen-bond acceptors (Lipinski definition) is 7. The summed E-state index contributed by atoms with van der Waals surface area (Å²) >= 11 is 4.50. The molecule has 0 saturated carbocycles. The molecule has 2 aromatic heterocycles. The van der Waals surface area contributed by atoms with Crippen LogP contribution < -0.4 is 11.5 Å². The van der Waals surface area contributed by atoms with Gasteiger partial charge in [-0.05, 0) is 0 Å². The molecule has 0 amide bonds. The van der Waals surface area contributed by atoms with Gasteiger partial charge in [-0.25, -0.2) is 9.97 Å². The Morgan fingerprint density at radius 3 is 1.77 bits per heavy atom. The molecule has 0 aromatic carbocycles. The molecular weight excluding hydrogens is 224 g/mol. The van der Waals surface area contributed by atoms with Crippen LogP contribution in [-0.4, -0.2) is 9.97 Å². The number of aromatic nitrogens is 2. The Morgan fingerprint density at radius 2 is 1.46 bits per heavy atom. The number of hydrogen-bond donors (Lipinski definition) is 2. The standard InChI is InChI=1S/C6H6N4S3/c7-5-9-1-3(12-5)11-4-2-10-6(8)13-4/h1-2H,(H2,7,9)(H2,8,10). The molecule has 0 aliphatic heterocycles. The molecular formula is C6H6N4S3. The van der Waals surface area contributed by atoms with E-state index in [0.29, 0.717) is 10.3 Å². The smallest absolute Gasteiger partial charge is 0.181 e. The van der Waals surface area contributed by atoms with Crippen molar-refractivity contribution in [1.82, 2.24) is 9.97 Å². The molecule has 4 N–H and O–H groups in total. The van der Waals surface area contributed by atoms with Gasteiger partial charge < -0.3 is 11.5 Å². The average molecular weight is 230 g/mol. The van der Waals surface area contributed by atoms with E-state index in [2.05, 4.69) is 9.97 Å². The van der Waals surface area contributed by atoms with Crippen LogP contribution in [0, 0.1) is 0 Å². The summed E-state index contributed by atoms with van der Waals surface area (Å²) in [5.74, 6) is 0. The lowest BCUT2D eigenvalue weighted by molar-refractivity contribution is 1.36. The summed E-state index contributed by atoms with van der Waals surface area (Å²) in [5.41, 5.74) is 11.0. The van der Waals surface area contributed by atoms with Gasteiger partial charge >= 0.3 is 0 Å². The van der Waals surface area contributed by atoms with Crippen molar-refractivity contribution < 1.29 is 0 Å². The molecule has 2 heterocycles. The van der Waals surface area contributed by atoms with Crippen LogP contribution in [0.4, 0.5) is 10.3 Å². The molecule has 7 heteroatoms. The van der Waals surface area contributed by atoms with Crippen molar-refractivity contribution in [2.45, 2.75) is 8.42 Å². The van der Waals surface area contributed by atoms with Crippen molar-refractivity contribution in [1.29, 1.82) is 0 Å². The second-order valence-corrected chi connectivity index (χ2v) is 5.86. The van der Waals surface area contributed by atoms with E-state index in [1.54, 1.807) is 24.2 Å². The fraction of sp³-hybridized carbons (Fsp3) is 0. The van der Waals surface area contributed by atoms with Gasteiger partial charge in [0.1, 0.15) is 0 Å². The molecule has 68 valence electrons. The third-order valence-corrected chi connectivity index (χ3v) is 4.06. The van der Waals surface area contributed by atoms with Crippen LogP contribution in [0.3, 0.4) is 0 Å². The highest BCUT2D eigenvalue weighted by molar-refractivity contribution is 8.03. The Bertz CT molecular complexity index is 369. The van der Waals surface area contributed by atoms with E-state index in [1.165, 1.54) is 22.7 Å². The third kappa shape index (κ3) is 2.11. The minimum atomic E-state index is 0.583. The lowest BCUT2D eigenvalue weighted by Crippen LogP contribution is -1.77. The zero-order valence-electron chi connectivity index (χ0n) is 6.43. The summed E-state index contributed by atoms with van der Waals surface area (Å²) in [4.78, 5) is 7.90. The van der Waals surface area contributed by atoms with Crippen molar-refractivity contribution in [2.24, 2.45) is 0 Å². The van der Waals surface area contributed by atoms with Crippen LogP contribution in [0.15, 0.2) is 20.8 Å². The van der Waals surface area contributed by atoms with E-state index >= 15 is 0 Å². The summed E-state index contributed by atoms with van der Waals surface area (Å²) in [6, 6.07) is 0. The zero-order valence-corrected chi connectivity index (χ0v) is 8.88. The summed E-state index contributed by atoms with van der Waals surface area (Å²) in [6.45, 7) is 0. The van der Waals surface area contributed by atoms with Gasteiger partial charge in [0.25, 0.3) is 0 Å². The maximum absolute atomic E-state index is 5.49. The SMILES string of the molecule is Nc1ncc(Sc2cnc(N)s2)s1. The molecule has 4 nitrogen and oxygen atoms in total. The van der Waals surface area contributed by atoms with Crippen molar-refractivity contribution >= 4 is 44.7 Å². The molecule has 0 atom stereocenters. The molecule has 2 rings (SSSR count). The highest BCUT2D eigenvalue weighted by Gasteiger charge is 2.04. The van der Waals surface area contributed by atoms with E-state index < -0.39 is 0 Å². The van der Waals surface area contributed by atoms with Crippen LogP contribution in [0.1, 0.15) is 0 Å². The molecule has 13 heavy (non-hydrogen) atoms. The maximum atomic E-state index is 5.49. The predicted octanol–water partition coefficient (Wildman–Crippen LogP) is 1.92. The lowest BCUT2D eigenvalue weighted by Gasteiger charge is -1.87. The minimum absolute atomic E-state index is 0.583. The van der Waals surface area contributed by atoms with Gasteiger partial charge in [0.15, 0.2) is 10.3 Å². The fourth-order valence-corrected chi connectivity index (χ4v) is 3.52. The number of thiazole rings is 2. The van der Waals surface area contributed by atoms with Crippen molar-refractivity contribution in [3.63, 3.8) is 0 Å². The molecule has 0 saturated heterocycles. The van der Waals surface area contributed by atoms with Crippen LogP contribution in [-0.2, 0) is 0 Å². The third-order valence-electron chi connectivity index (χ3n) is 1.21. The van der Waals surface area contributed by atoms with Gasteiger partial charge in [-0.3, -0.25) is 0 Å². The number of nitrogen functional groups attached to an aromatic ring is 2. The van der Waals surface area contributed by atoms with Crippen molar-refractivity contribution in [3.05, 3.63) is 12.4 Å². The van der Waals surface area contributed by atoms with E-state index in [1.807, 2.05) is 0 Å². The normalized spacial score (nSPS) is 10.5. The van der Waals surface area contributed by atoms with E-state index in [9.17, 15) is 0 Å². The number of nitrogens with zero attached hydrogens (tertiary/aromatic N) is 2. The number of nitrogens with two attached hydrogens (primary N) is 2. The van der Waals surface area contributed by atoms with Gasteiger partial charge in [0.05, 0.1) is 20.8 Å². The molecule has 0 unspecified atom stereocenters. The Hall–Kier alpha value is -0.790. The number of anilines is 2. The highest BCUT2D eigenvalue weighted by Crippen LogP contribution is 2.36. The fourth-order valence-electron chi connectivity index (χ4n) is 0.738. The first-order chi connectivity index (χ1) is 6.24. The second-order valence-electron chi connectivity index (χ2n) is 2.14. The zero-order chi connectivity index (χ0) is 9.26. The molecule has 0 fully saturated rings. The lowest BCUT2D eigenvalue weighted by atomic mass is 11.0. The second kappa shape index (κ2) is 3.52. The van der Waals surface area contributed by atoms with Crippen LogP contribution in [0.5, 0.6) is 0 Å². The molecule has 0 bridgehead atoms. The molecule has 0 aliphatic carbocycles. The first kappa shape index (κ1) is 8.79.